The van der Waals surface area contributed by atoms with E-state index in [4.69, 9.17) is 10.1 Å². The number of aromatic nitrogens is 2. The van der Waals surface area contributed by atoms with Crippen molar-refractivity contribution in [2.75, 3.05) is 0 Å². The van der Waals surface area contributed by atoms with Gasteiger partial charge in [0, 0.05) is 31.7 Å². The van der Waals surface area contributed by atoms with E-state index in [1.807, 2.05) is 6.07 Å². The van der Waals surface area contributed by atoms with Gasteiger partial charge in [0.05, 0.1) is 5.52 Å². The number of carboxylic acid groups (broad SMARTS) is 1. The number of benzene rings is 3. The van der Waals surface area contributed by atoms with Crippen molar-refractivity contribution in [3.8, 4) is 11.3 Å². The van der Waals surface area contributed by atoms with E-state index >= 15 is 0 Å². The first-order valence-corrected chi connectivity index (χ1v) is 9.87. The summed E-state index contributed by atoms with van der Waals surface area (Å²) in [5.74, 6) is -0.990. The monoisotopic (exact) mass is 594 g/mol. The van der Waals surface area contributed by atoms with Gasteiger partial charge < -0.3 is 5.11 Å². The van der Waals surface area contributed by atoms with E-state index in [-0.39, 0.29) is 25.8 Å². The topological polar surface area (TPSA) is 63.1 Å². The number of nitrogens with zero attached hydrogens (tertiary/aromatic N) is 2. The number of carboxylic acids is 1. The van der Waals surface area contributed by atoms with Gasteiger partial charge in [-0.05, 0) is 35.0 Å². The molecule has 4 nitrogen and oxygen atoms in total. The van der Waals surface area contributed by atoms with Gasteiger partial charge in [-0.2, -0.15) is 0 Å². The van der Waals surface area contributed by atoms with Crippen molar-refractivity contribution in [1.29, 1.82) is 0 Å². The molecule has 157 valence electrons. The van der Waals surface area contributed by atoms with Crippen LogP contribution in [0.25, 0.3) is 45.1 Å². The van der Waals surface area contributed by atoms with Crippen LogP contribution in [0.5, 0.6) is 0 Å². The molecular formula is C27H17IrN2O2-. The Morgan fingerprint density at radius 2 is 1.69 bits per heavy atom. The number of pyridine rings is 2. The molecule has 5 aromatic rings. The minimum Gasteiger partial charge on any atom is -0.477 e. The van der Waals surface area contributed by atoms with Crippen molar-refractivity contribution >= 4 is 39.8 Å². The molecule has 1 N–H and O–H groups in total. The average Bonchev–Trinajstić information content (AvgIpc) is 3.24. The largest absolute Gasteiger partial charge is 0.477 e. The molecule has 6 rings (SSSR count). The molecular weight excluding hydrogens is 577 g/mol. The number of hydrogen-bond acceptors (Lipinski definition) is 3. The second kappa shape index (κ2) is 9.23. The van der Waals surface area contributed by atoms with Gasteiger partial charge in [0.25, 0.3) is 0 Å². The summed E-state index contributed by atoms with van der Waals surface area (Å²) in [7, 11) is 0. The van der Waals surface area contributed by atoms with Crippen LogP contribution in [0.1, 0.15) is 21.6 Å². The van der Waals surface area contributed by atoms with E-state index in [9.17, 15) is 4.79 Å². The van der Waals surface area contributed by atoms with E-state index < -0.39 is 5.97 Å². The van der Waals surface area contributed by atoms with Crippen molar-refractivity contribution in [1.82, 2.24) is 9.97 Å². The van der Waals surface area contributed by atoms with Gasteiger partial charge in [-0.15, -0.1) is 29.1 Å². The van der Waals surface area contributed by atoms with Crippen LogP contribution in [0, 0.1) is 6.07 Å². The standard InChI is InChI=1S/C21H12N.C6H5NO2.Ir/c1-2-8-17-14(5-1)6-3-9-18(17)20-13-16-12-11-15-7-4-10-19(22-20)21(15)16;8-6(9)5-3-1-2-4-7-5;/h1-8,10-13H;1-4H,(H,8,9);/q-1;;. The zero-order valence-corrected chi connectivity index (χ0v) is 19.2. The molecule has 0 saturated carbocycles. The first-order chi connectivity index (χ1) is 15.2. The Kier molecular flexibility index (Phi) is 6.22. The fraction of sp³-hybridized carbons (Fsp3) is 0. The molecule has 0 fully saturated rings. The van der Waals surface area contributed by atoms with Crippen LogP contribution in [0.2, 0.25) is 0 Å². The van der Waals surface area contributed by atoms with Crippen molar-refractivity contribution < 1.29 is 30.0 Å². The maximum absolute atomic E-state index is 10.1. The summed E-state index contributed by atoms with van der Waals surface area (Å²) in [4.78, 5) is 18.6. The van der Waals surface area contributed by atoms with Gasteiger partial charge in [0.2, 0.25) is 0 Å². The fourth-order valence-corrected chi connectivity index (χ4v) is 3.79. The second-order valence-corrected chi connectivity index (χ2v) is 7.13. The number of rotatable bonds is 2. The van der Waals surface area contributed by atoms with Crippen molar-refractivity contribution in [3.05, 3.63) is 108 Å². The average molecular weight is 594 g/mol. The minimum absolute atomic E-state index is 0. The quantitative estimate of drug-likeness (QED) is 0.246. The summed E-state index contributed by atoms with van der Waals surface area (Å²) in [6, 6.07) is 29.1. The third-order valence-electron chi connectivity index (χ3n) is 5.20. The second-order valence-electron chi connectivity index (χ2n) is 7.13. The van der Waals surface area contributed by atoms with Crippen LogP contribution in [0.4, 0.5) is 0 Å². The summed E-state index contributed by atoms with van der Waals surface area (Å²) in [6.07, 6.45) is 5.79. The predicted molar refractivity (Wildman–Crippen MR) is 124 cm³/mol. The Hall–Kier alpha value is -3.66. The maximum atomic E-state index is 10.1. The molecule has 3 aromatic carbocycles. The van der Waals surface area contributed by atoms with Gasteiger partial charge in [0.1, 0.15) is 5.69 Å². The minimum atomic E-state index is -0.990. The molecule has 0 bridgehead atoms. The molecule has 1 aliphatic carbocycles. The van der Waals surface area contributed by atoms with Crippen LogP contribution in [0.3, 0.4) is 0 Å². The molecule has 0 amide bonds. The van der Waals surface area contributed by atoms with Crippen molar-refractivity contribution in [2.45, 2.75) is 0 Å². The predicted octanol–water partition coefficient (Wildman–Crippen LogP) is 6.12. The SMILES string of the molecule is O=C(O)c1ccccn1.[Ir].[c-]1ccc2ccccc2c1-c1cc2c3c(cccc3n1)C=C2. The van der Waals surface area contributed by atoms with Crippen molar-refractivity contribution in [2.24, 2.45) is 0 Å². The Morgan fingerprint density at radius 1 is 0.875 bits per heavy atom. The van der Waals surface area contributed by atoms with E-state index in [1.54, 1.807) is 12.1 Å². The van der Waals surface area contributed by atoms with Gasteiger partial charge in [-0.25, -0.2) is 9.78 Å². The number of aromatic carboxylic acids is 1. The Labute approximate surface area is 198 Å². The number of carbonyl (C=O) groups is 1. The van der Waals surface area contributed by atoms with Crippen LogP contribution < -0.4 is 0 Å². The molecule has 2 heterocycles. The van der Waals surface area contributed by atoms with Gasteiger partial charge >= 0.3 is 5.97 Å². The summed E-state index contributed by atoms with van der Waals surface area (Å²) in [6.45, 7) is 0. The van der Waals surface area contributed by atoms with Crippen molar-refractivity contribution in [3.63, 3.8) is 0 Å². The molecule has 32 heavy (non-hydrogen) atoms. The van der Waals surface area contributed by atoms with Crippen LogP contribution in [-0.4, -0.2) is 21.0 Å². The first-order valence-electron chi connectivity index (χ1n) is 9.87. The molecule has 0 aliphatic heterocycles. The third-order valence-corrected chi connectivity index (χ3v) is 5.20. The molecule has 0 unspecified atom stereocenters. The van der Waals surface area contributed by atoms with Crippen LogP contribution in [0.15, 0.2) is 85.1 Å². The van der Waals surface area contributed by atoms with E-state index in [0.717, 1.165) is 16.8 Å². The Bertz CT molecular complexity index is 1460. The first kappa shape index (κ1) is 21.6. The maximum Gasteiger partial charge on any atom is 0.354 e. The summed E-state index contributed by atoms with van der Waals surface area (Å²) < 4.78 is 0. The zero-order chi connectivity index (χ0) is 21.2. The Balaban J connectivity index is 0.000000209. The summed E-state index contributed by atoms with van der Waals surface area (Å²) in [5, 5.41) is 12.0. The zero-order valence-electron chi connectivity index (χ0n) is 16.8. The van der Waals surface area contributed by atoms with Crippen LogP contribution >= 0.6 is 0 Å². The third kappa shape index (κ3) is 4.09. The smallest absolute Gasteiger partial charge is 0.354 e. The molecule has 0 saturated heterocycles. The molecule has 0 atom stereocenters. The number of hydrogen-bond donors (Lipinski definition) is 1. The molecule has 2 aromatic heterocycles. The normalized spacial score (nSPS) is 11.0. The summed E-state index contributed by atoms with van der Waals surface area (Å²) >= 11 is 0. The fourth-order valence-electron chi connectivity index (χ4n) is 3.79. The molecule has 0 spiro atoms. The Morgan fingerprint density at radius 3 is 2.47 bits per heavy atom. The molecule has 1 aliphatic rings. The van der Waals surface area contributed by atoms with Gasteiger partial charge in [-0.1, -0.05) is 66.1 Å². The molecule has 1 radical (unpaired) electrons. The van der Waals surface area contributed by atoms with Gasteiger partial charge in [0.15, 0.2) is 0 Å². The van der Waals surface area contributed by atoms with E-state index in [2.05, 4.69) is 77.8 Å². The van der Waals surface area contributed by atoms with E-state index in [0.29, 0.717) is 0 Å². The number of fused-ring (bicyclic) bond motifs is 1. The van der Waals surface area contributed by atoms with E-state index in [1.165, 1.54) is 39.5 Å². The van der Waals surface area contributed by atoms with Gasteiger partial charge in [-0.3, -0.25) is 4.98 Å². The van der Waals surface area contributed by atoms with Crippen LogP contribution in [-0.2, 0) is 20.1 Å². The summed E-state index contributed by atoms with van der Waals surface area (Å²) in [5.41, 5.74) is 5.70. The molecule has 5 heteroatoms.